The largest absolute Gasteiger partial charge is 0.446 e. The highest BCUT2D eigenvalue weighted by Gasteiger charge is 2.38. The molecule has 5 N–H and O–H groups in total. The fraction of sp³-hybridized carbons (Fsp3) is 0.667. The van der Waals surface area contributed by atoms with Crippen LogP contribution < -0.4 is 21.3 Å². The lowest BCUT2D eigenvalue weighted by molar-refractivity contribution is -0.134. The van der Waals surface area contributed by atoms with Crippen molar-refractivity contribution in [1.29, 1.82) is 0 Å². The first kappa shape index (κ1) is 29.8. The molecule has 1 aliphatic heterocycles. The lowest BCUT2D eigenvalue weighted by atomic mass is 9.93. The Kier molecular flexibility index (Phi) is 10.4. The minimum Gasteiger partial charge on any atom is -0.446 e. The van der Waals surface area contributed by atoms with E-state index in [0.717, 1.165) is 38.5 Å². The average molecular weight is 557 g/mol. The van der Waals surface area contributed by atoms with Crippen molar-refractivity contribution in [3.8, 4) is 0 Å². The van der Waals surface area contributed by atoms with Crippen molar-refractivity contribution in [3.63, 3.8) is 0 Å². The second-order valence-electron chi connectivity index (χ2n) is 12.0. The number of aliphatic hydroxyl groups excluding tert-OH is 1. The zero-order valence-corrected chi connectivity index (χ0v) is 23.6. The molecule has 4 amide bonds. The van der Waals surface area contributed by atoms with Gasteiger partial charge in [0.15, 0.2) is 6.10 Å². The van der Waals surface area contributed by atoms with Gasteiger partial charge in [-0.25, -0.2) is 4.79 Å². The van der Waals surface area contributed by atoms with Crippen LogP contribution in [0, 0.1) is 17.8 Å². The molecule has 1 heterocycles. The Morgan fingerprint density at radius 2 is 1.77 bits per heavy atom. The third-order valence-electron chi connectivity index (χ3n) is 8.11. The smallest absolute Gasteiger partial charge is 0.408 e. The van der Waals surface area contributed by atoms with Gasteiger partial charge < -0.3 is 31.1 Å². The number of rotatable bonds is 13. The number of hydrogen-bond acceptors (Lipinski definition) is 6. The van der Waals surface area contributed by atoms with E-state index in [1.165, 1.54) is 5.56 Å². The van der Waals surface area contributed by atoms with Crippen molar-refractivity contribution in [2.45, 2.75) is 102 Å². The van der Waals surface area contributed by atoms with Crippen molar-refractivity contribution in [1.82, 2.24) is 21.3 Å². The Morgan fingerprint density at radius 3 is 2.42 bits per heavy atom. The molecule has 0 aromatic heterocycles. The summed E-state index contributed by atoms with van der Waals surface area (Å²) in [5, 5.41) is 21.9. The molecule has 4 rings (SSSR count). The molecule has 2 aliphatic carbocycles. The van der Waals surface area contributed by atoms with E-state index in [1.807, 2.05) is 32.0 Å². The molecule has 3 unspecified atom stereocenters. The van der Waals surface area contributed by atoms with Crippen LogP contribution in [0.2, 0.25) is 0 Å². The van der Waals surface area contributed by atoms with Gasteiger partial charge >= 0.3 is 6.09 Å². The van der Waals surface area contributed by atoms with Gasteiger partial charge in [-0.15, -0.1) is 0 Å². The van der Waals surface area contributed by atoms with Crippen LogP contribution in [0.5, 0.6) is 0 Å². The molecule has 2 saturated carbocycles. The number of carbonyl (C=O) groups is 4. The zero-order valence-electron chi connectivity index (χ0n) is 23.6. The van der Waals surface area contributed by atoms with E-state index < -0.39 is 42.0 Å². The molecule has 0 radical (unpaired) electrons. The van der Waals surface area contributed by atoms with Crippen LogP contribution in [0.25, 0.3) is 0 Å². The van der Waals surface area contributed by atoms with Gasteiger partial charge in [0.25, 0.3) is 5.91 Å². The highest BCUT2D eigenvalue weighted by Crippen LogP contribution is 2.31. The molecule has 1 saturated heterocycles. The van der Waals surface area contributed by atoms with Gasteiger partial charge in [-0.2, -0.15) is 0 Å². The van der Waals surface area contributed by atoms with Gasteiger partial charge in [0.1, 0.15) is 12.1 Å². The van der Waals surface area contributed by atoms with Crippen molar-refractivity contribution in [2.24, 2.45) is 17.8 Å². The maximum absolute atomic E-state index is 13.5. The topological polar surface area (TPSA) is 146 Å². The second kappa shape index (κ2) is 14.0. The first-order chi connectivity index (χ1) is 19.2. The summed E-state index contributed by atoms with van der Waals surface area (Å²) < 4.78 is 5.82. The Balaban J connectivity index is 1.38. The van der Waals surface area contributed by atoms with Crippen LogP contribution in [0.1, 0.15) is 70.8 Å². The lowest BCUT2D eigenvalue weighted by Crippen LogP contribution is -2.56. The van der Waals surface area contributed by atoms with Gasteiger partial charge in [0.05, 0.1) is 6.04 Å². The molecule has 10 heteroatoms. The quantitative estimate of drug-likeness (QED) is 0.252. The van der Waals surface area contributed by atoms with Gasteiger partial charge in [0, 0.05) is 24.4 Å². The Bertz CT molecular complexity index is 1030. The van der Waals surface area contributed by atoms with Crippen LogP contribution in [0.4, 0.5) is 4.79 Å². The number of hydrogen-bond donors (Lipinski definition) is 5. The van der Waals surface area contributed by atoms with Crippen molar-refractivity contribution >= 4 is 23.8 Å². The normalized spacial score (nSPS) is 24.6. The molecule has 220 valence electrons. The van der Waals surface area contributed by atoms with E-state index in [9.17, 15) is 24.3 Å². The zero-order chi connectivity index (χ0) is 28.6. The van der Waals surface area contributed by atoms with Crippen LogP contribution >= 0.6 is 0 Å². The second-order valence-corrected chi connectivity index (χ2v) is 12.0. The third kappa shape index (κ3) is 8.68. The first-order valence-corrected chi connectivity index (χ1v) is 14.8. The first-order valence-electron chi connectivity index (χ1n) is 14.8. The van der Waals surface area contributed by atoms with Crippen LogP contribution in [0.15, 0.2) is 30.3 Å². The van der Waals surface area contributed by atoms with Crippen molar-refractivity contribution in [2.75, 3.05) is 6.54 Å². The van der Waals surface area contributed by atoms with Gasteiger partial charge in [-0.3, -0.25) is 14.4 Å². The van der Waals surface area contributed by atoms with E-state index >= 15 is 0 Å². The summed E-state index contributed by atoms with van der Waals surface area (Å²) in [7, 11) is 0. The van der Waals surface area contributed by atoms with Crippen LogP contribution in [-0.4, -0.2) is 65.8 Å². The third-order valence-corrected chi connectivity index (χ3v) is 8.11. The number of nitrogens with one attached hydrogen (secondary N) is 4. The molecule has 0 bridgehead atoms. The van der Waals surface area contributed by atoms with Gasteiger partial charge in [-0.05, 0) is 69.3 Å². The fourth-order valence-electron chi connectivity index (χ4n) is 5.75. The molecule has 3 aliphatic rings. The minimum atomic E-state index is -1.51. The van der Waals surface area contributed by atoms with E-state index in [2.05, 4.69) is 33.4 Å². The SMILES string of the molecule is CC(C)C[C@H](NC(=O)OC1CCCC1Cc1ccccc1)C(=O)N[C@H](C[C@@H]1CCNC1=O)C(O)C(=O)NC1CC1. The molecule has 6 atom stereocenters. The van der Waals surface area contributed by atoms with E-state index in [1.54, 1.807) is 0 Å². The molecule has 1 aromatic carbocycles. The highest BCUT2D eigenvalue weighted by molar-refractivity contribution is 5.88. The lowest BCUT2D eigenvalue weighted by Gasteiger charge is -2.28. The number of carbonyl (C=O) groups excluding carboxylic acids is 4. The molecular weight excluding hydrogens is 512 g/mol. The summed E-state index contributed by atoms with van der Waals surface area (Å²) in [6.07, 6.45) is 3.91. The molecule has 0 spiro atoms. The van der Waals surface area contributed by atoms with E-state index in [0.29, 0.717) is 19.4 Å². The maximum Gasteiger partial charge on any atom is 0.408 e. The molecule has 3 fully saturated rings. The Labute approximate surface area is 236 Å². The average Bonchev–Trinajstić information content (AvgIpc) is 3.49. The van der Waals surface area contributed by atoms with E-state index in [4.69, 9.17) is 4.74 Å². The van der Waals surface area contributed by atoms with Gasteiger partial charge in [0.2, 0.25) is 11.8 Å². The predicted molar refractivity (Wildman–Crippen MR) is 149 cm³/mol. The number of ether oxygens (including phenoxy) is 1. The van der Waals surface area contributed by atoms with Crippen molar-refractivity contribution in [3.05, 3.63) is 35.9 Å². The summed E-state index contributed by atoms with van der Waals surface area (Å²) in [5.74, 6) is -1.36. The number of amides is 4. The minimum absolute atomic E-state index is 0.0414. The van der Waals surface area contributed by atoms with Gasteiger partial charge in [-0.1, -0.05) is 44.2 Å². The Morgan fingerprint density at radius 1 is 1.02 bits per heavy atom. The van der Waals surface area contributed by atoms with Crippen LogP contribution in [-0.2, 0) is 25.5 Å². The summed E-state index contributed by atoms with van der Waals surface area (Å²) in [6.45, 7) is 4.40. The molecular formula is C30H44N4O6. The summed E-state index contributed by atoms with van der Waals surface area (Å²) in [5.41, 5.74) is 1.20. The summed E-state index contributed by atoms with van der Waals surface area (Å²) in [6, 6.07) is 8.28. The monoisotopic (exact) mass is 556 g/mol. The standard InChI is InChI=1S/C30H44N4O6/c1-18(2)15-24(34-30(39)40-25-10-6-9-20(25)16-19-7-4-3-5-8-19)28(37)33-23(17-21-13-14-31-27(21)36)26(35)29(38)32-22-11-12-22/h3-5,7-8,18,20-26,35H,6,9-17H2,1-2H3,(H,31,36)(H,32,38)(H,33,37)(H,34,39)/t20?,21-,23+,24-,25?,26?/m0/s1. The summed E-state index contributed by atoms with van der Waals surface area (Å²) >= 11 is 0. The van der Waals surface area contributed by atoms with Crippen LogP contribution in [0.3, 0.4) is 0 Å². The number of benzene rings is 1. The highest BCUT2D eigenvalue weighted by atomic mass is 16.6. The predicted octanol–water partition coefficient (Wildman–Crippen LogP) is 2.19. The molecule has 40 heavy (non-hydrogen) atoms. The molecule has 10 nitrogen and oxygen atoms in total. The fourth-order valence-corrected chi connectivity index (χ4v) is 5.75. The summed E-state index contributed by atoms with van der Waals surface area (Å²) in [4.78, 5) is 51.3. The number of aliphatic hydroxyl groups is 1. The van der Waals surface area contributed by atoms with Crippen molar-refractivity contribution < 1.29 is 29.0 Å². The molecule has 1 aromatic rings. The van der Waals surface area contributed by atoms with E-state index in [-0.39, 0.29) is 36.3 Å². The maximum atomic E-state index is 13.5. The number of alkyl carbamates (subject to hydrolysis) is 1. The Hall–Kier alpha value is -3.14.